The molecule has 4 nitrogen and oxygen atoms in total. The second-order valence-electron chi connectivity index (χ2n) is 4.01. The van der Waals surface area contributed by atoms with Crippen molar-refractivity contribution in [1.29, 1.82) is 0 Å². The Balaban J connectivity index is 3.11. The van der Waals surface area contributed by atoms with Gasteiger partial charge in [-0.05, 0) is 27.2 Å². The van der Waals surface area contributed by atoms with Crippen LogP contribution in [0.2, 0.25) is 0 Å². The molecule has 2 N–H and O–H groups in total. The summed E-state index contributed by atoms with van der Waals surface area (Å²) in [7, 11) is 2.08. The molecule has 0 aliphatic carbocycles. The molecule has 0 spiro atoms. The van der Waals surface area contributed by atoms with Crippen LogP contribution in [0.25, 0.3) is 0 Å². The number of rotatable bonds is 4. The van der Waals surface area contributed by atoms with E-state index < -0.39 is 0 Å². The molecule has 1 aromatic rings. The molecule has 0 aromatic carbocycles. The molecular weight excluding hydrogens is 188 g/mol. The van der Waals surface area contributed by atoms with Gasteiger partial charge in [0.2, 0.25) is 0 Å². The van der Waals surface area contributed by atoms with Crippen LogP contribution in [-0.2, 0) is 6.54 Å². The molecule has 15 heavy (non-hydrogen) atoms. The van der Waals surface area contributed by atoms with E-state index in [0.717, 1.165) is 30.2 Å². The smallest absolute Gasteiger partial charge is 0.150 e. The second-order valence-corrected chi connectivity index (χ2v) is 4.01. The third-order valence-electron chi connectivity index (χ3n) is 3.03. The van der Waals surface area contributed by atoms with Crippen molar-refractivity contribution in [3.63, 3.8) is 0 Å². The average molecular weight is 210 g/mol. The van der Waals surface area contributed by atoms with Crippen molar-refractivity contribution >= 4 is 11.5 Å². The van der Waals surface area contributed by atoms with E-state index in [2.05, 4.69) is 37.8 Å². The first-order valence-corrected chi connectivity index (χ1v) is 5.58. The molecule has 1 atom stereocenters. The summed E-state index contributed by atoms with van der Waals surface area (Å²) < 4.78 is 1.97. The minimum absolute atomic E-state index is 0.480. The molecule has 0 saturated heterocycles. The number of hydrogen-bond acceptors (Lipinski definition) is 3. The van der Waals surface area contributed by atoms with Gasteiger partial charge < -0.3 is 10.6 Å². The van der Waals surface area contributed by atoms with Crippen LogP contribution in [0, 0.1) is 6.92 Å². The van der Waals surface area contributed by atoms with Crippen molar-refractivity contribution in [3.05, 3.63) is 5.69 Å². The fourth-order valence-corrected chi connectivity index (χ4v) is 1.66. The van der Waals surface area contributed by atoms with Crippen molar-refractivity contribution < 1.29 is 0 Å². The van der Waals surface area contributed by atoms with Crippen LogP contribution in [-0.4, -0.2) is 22.9 Å². The number of anilines is 2. The Morgan fingerprint density at radius 2 is 2.07 bits per heavy atom. The Morgan fingerprint density at radius 1 is 1.47 bits per heavy atom. The lowest BCUT2D eigenvalue weighted by Crippen LogP contribution is -2.30. The fraction of sp³-hybridized carbons (Fsp3) is 0.727. The highest BCUT2D eigenvalue weighted by molar-refractivity contribution is 5.66. The van der Waals surface area contributed by atoms with Crippen molar-refractivity contribution in [2.75, 3.05) is 17.7 Å². The third-order valence-corrected chi connectivity index (χ3v) is 3.03. The second kappa shape index (κ2) is 4.55. The molecule has 0 amide bonds. The molecule has 1 rings (SSSR count). The van der Waals surface area contributed by atoms with Crippen molar-refractivity contribution in [1.82, 2.24) is 9.78 Å². The number of aromatic nitrogens is 2. The normalized spacial score (nSPS) is 12.9. The van der Waals surface area contributed by atoms with Gasteiger partial charge in [0, 0.05) is 19.6 Å². The molecule has 0 aliphatic heterocycles. The third kappa shape index (κ3) is 2.08. The van der Waals surface area contributed by atoms with Gasteiger partial charge in [-0.2, -0.15) is 5.10 Å². The zero-order valence-corrected chi connectivity index (χ0v) is 10.4. The molecule has 0 saturated carbocycles. The molecule has 0 radical (unpaired) electrons. The van der Waals surface area contributed by atoms with E-state index >= 15 is 0 Å². The van der Waals surface area contributed by atoms with Crippen LogP contribution in [0.4, 0.5) is 11.5 Å². The lowest BCUT2D eigenvalue weighted by Gasteiger charge is -2.26. The Labute approximate surface area is 92.1 Å². The Hall–Kier alpha value is -1.19. The highest BCUT2D eigenvalue weighted by Crippen LogP contribution is 2.27. The van der Waals surface area contributed by atoms with Gasteiger partial charge in [-0.1, -0.05) is 6.92 Å². The molecule has 0 fully saturated rings. The summed E-state index contributed by atoms with van der Waals surface area (Å²) in [6, 6.07) is 0.480. The van der Waals surface area contributed by atoms with Crippen LogP contribution < -0.4 is 10.6 Å². The van der Waals surface area contributed by atoms with E-state index in [1.807, 2.05) is 11.6 Å². The van der Waals surface area contributed by atoms with E-state index in [1.54, 1.807) is 0 Å². The zero-order valence-electron chi connectivity index (χ0n) is 10.4. The maximum Gasteiger partial charge on any atom is 0.150 e. The van der Waals surface area contributed by atoms with E-state index in [0.29, 0.717) is 6.04 Å². The summed E-state index contributed by atoms with van der Waals surface area (Å²) in [4.78, 5) is 2.21. The topological polar surface area (TPSA) is 47.1 Å². The largest absolute Gasteiger partial charge is 0.394 e. The van der Waals surface area contributed by atoms with Gasteiger partial charge in [0.1, 0.15) is 0 Å². The Morgan fingerprint density at radius 3 is 2.53 bits per heavy atom. The first kappa shape index (κ1) is 11.9. The van der Waals surface area contributed by atoms with E-state index in [-0.39, 0.29) is 0 Å². The summed E-state index contributed by atoms with van der Waals surface area (Å²) in [5.41, 5.74) is 7.77. The molecule has 0 bridgehead atoms. The van der Waals surface area contributed by atoms with Crippen LogP contribution in [0.1, 0.15) is 32.9 Å². The van der Waals surface area contributed by atoms with E-state index in [1.165, 1.54) is 0 Å². The van der Waals surface area contributed by atoms with Gasteiger partial charge in [-0.15, -0.1) is 0 Å². The van der Waals surface area contributed by atoms with E-state index in [4.69, 9.17) is 5.73 Å². The monoisotopic (exact) mass is 210 g/mol. The zero-order chi connectivity index (χ0) is 11.6. The molecule has 4 heteroatoms. The standard InChI is InChI=1S/C11H22N4/c1-6-8(3)14(5)11-10(12)9(4)13-15(11)7-2/h8H,6-7,12H2,1-5H3. The van der Waals surface area contributed by atoms with E-state index in [9.17, 15) is 0 Å². The van der Waals surface area contributed by atoms with Gasteiger partial charge >= 0.3 is 0 Å². The van der Waals surface area contributed by atoms with Crippen molar-refractivity contribution in [2.24, 2.45) is 0 Å². The lowest BCUT2D eigenvalue weighted by molar-refractivity contribution is 0.598. The maximum absolute atomic E-state index is 6.05. The highest BCUT2D eigenvalue weighted by atomic mass is 15.4. The minimum atomic E-state index is 0.480. The van der Waals surface area contributed by atoms with Gasteiger partial charge in [-0.25, -0.2) is 4.68 Å². The predicted octanol–water partition coefficient (Wildman–Crippen LogP) is 2.03. The fourth-order valence-electron chi connectivity index (χ4n) is 1.66. The average Bonchev–Trinajstić information content (AvgIpc) is 2.53. The first-order chi connectivity index (χ1) is 7.02. The number of nitrogens with zero attached hydrogens (tertiary/aromatic N) is 3. The SMILES string of the molecule is CCC(C)N(C)c1c(N)c(C)nn1CC. The number of nitrogens with two attached hydrogens (primary N) is 1. The van der Waals surface area contributed by atoms with Crippen molar-refractivity contribution in [2.45, 2.75) is 46.7 Å². The van der Waals surface area contributed by atoms with Gasteiger partial charge in [-0.3, -0.25) is 0 Å². The summed E-state index contributed by atoms with van der Waals surface area (Å²) >= 11 is 0. The summed E-state index contributed by atoms with van der Waals surface area (Å²) in [6.45, 7) is 9.27. The molecular formula is C11H22N4. The molecule has 1 heterocycles. The molecule has 0 aliphatic rings. The van der Waals surface area contributed by atoms with Crippen LogP contribution in [0.3, 0.4) is 0 Å². The van der Waals surface area contributed by atoms with Gasteiger partial charge in [0.15, 0.2) is 5.82 Å². The summed E-state index contributed by atoms with van der Waals surface area (Å²) in [5, 5.41) is 4.42. The van der Waals surface area contributed by atoms with Crippen LogP contribution in [0.5, 0.6) is 0 Å². The van der Waals surface area contributed by atoms with Crippen LogP contribution >= 0.6 is 0 Å². The number of hydrogen-bond donors (Lipinski definition) is 1. The molecule has 86 valence electrons. The maximum atomic E-state index is 6.05. The quantitative estimate of drug-likeness (QED) is 0.827. The number of nitrogen functional groups attached to an aromatic ring is 1. The molecule has 1 aromatic heterocycles. The van der Waals surface area contributed by atoms with Gasteiger partial charge in [0.05, 0.1) is 11.4 Å². The van der Waals surface area contributed by atoms with Crippen LogP contribution in [0.15, 0.2) is 0 Å². The lowest BCUT2D eigenvalue weighted by atomic mass is 10.2. The van der Waals surface area contributed by atoms with Gasteiger partial charge in [0.25, 0.3) is 0 Å². The Kier molecular flexibility index (Phi) is 3.61. The minimum Gasteiger partial charge on any atom is -0.394 e. The number of aryl methyl sites for hydroxylation is 2. The van der Waals surface area contributed by atoms with Crippen molar-refractivity contribution in [3.8, 4) is 0 Å². The molecule has 1 unspecified atom stereocenters. The summed E-state index contributed by atoms with van der Waals surface area (Å²) in [6.07, 6.45) is 1.10. The predicted molar refractivity (Wildman–Crippen MR) is 65.2 cm³/mol. The first-order valence-electron chi connectivity index (χ1n) is 5.58. The highest BCUT2D eigenvalue weighted by Gasteiger charge is 2.18. The Bertz CT molecular complexity index is 330. The summed E-state index contributed by atoms with van der Waals surface area (Å²) in [5.74, 6) is 1.05.